The molecule has 0 saturated carbocycles. The maximum absolute atomic E-state index is 12.8. The van der Waals surface area contributed by atoms with Crippen LogP contribution in [0, 0.1) is 6.92 Å². The molecule has 6 nitrogen and oxygen atoms in total. The molecule has 0 aliphatic heterocycles. The number of nitrogens with zero attached hydrogens (tertiary/aromatic N) is 1. The van der Waals surface area contributed by atoms with Gasteiger partial charge in [-0.3, -0.25) is 4.72 Å². The lowest BCUT2D eigenvalue weighted by Crippen LogP contribution is -2.14. The van der Waals surface area contributed by atoms with Crippen molar-refractivity contribution < 1.29 is 17.7 Å². The predicted octanol–water partition coefficient (Wildman–Crippen LogP) is 4.11. The summed E-state index contributed by atoms with van der Waals surface area (Å²) in [7, 11) is -2.43. The molecule has 1 heterocycles. The highest BCUT2D eigenvalue weighted by molar-refractivity contribution is 7.92. The van der Waals surface area contributed by atoms with Gasteiger partial charge >= 0.3 is 0 Å². The van der Waals surface area contributed by atoms with E-state index >= 15 is 0 Å². The van der Waals surface area contributed by atoms with Crippen molar-refractivity contribution in [2.24, 2.45) is 0 Å². The molecule has 8 heteroatoms. The van der Waals surface area contributed by atoms with E-state index < -0.39 is 10.0 Å². The summed E-state index contributed by atoms with van der Waals surface area (Å²) in [4.78, 5) is 0.0209. The minimum Gasteiger partial charge on any atom is -0.495 e. The van der Waals surface area contributed by atoms with Gasteiger partial charge in [-0.15, -0.1) is 0 Å². The van der Waals surface area contributed by atoms with Gasteiger partial charge in [0, 0.05) is 16.7 Å². The summed E-state index contributed by atoms with van der Waals surface area (Å²) < 4.78 is 38.4. The first-order valence-electron chi connectivity index (χ1n) is 7.29. The molecule has 1 aromatic heterocycles. The molecule has 0 spiro atoms. The van der Waals surface area contributed by atoms with E-state index in [2.05, 4.69) is 9.88 Å². The number of aryl methyl sites for hydroxylation is 1. The molecule has 3 aromatic rings. The Morgan fingerprint density at radius 3 is 2.60 bits per heavy atom. The van der Waals surface area contributed by atoms with E-state index in [0.29, 0.717) is 27.6 Å². The van der Waals surface area contributed by atoms with Gasteiger partial charge in [0.2, 0.25) is 0 Å². The molecule has 0 unspecified atom stereocenters. The molecule has 0 saturated heterocycles. The Labute approximate surface area is 150 Å². The summed E-state index contributed by atoms with van der Waals surface area (Å²) in [5.74, 6) is 0.719. The van der Waals surface area contributed by atoms with Crippen LogP contribution in [0.3, 0.4) is 0 Å². The Balaban J connectivity index is 1.99. The molecule has 2 aromatic carbocycles. The van der Waals surface area contributed by atoms with E-state index in [-0.39, 0.29) is 10.6 Å². The molecular weight excluding hydrogens is 364 g/mol. The number of anilines is 1. The van der Waals surface area contributed by atoms with Gasteiger partial charge in [0.1, 0.15) is 10.6 Å². The third-order valence-corrected chi connectivity index (χ3v) is 5.25. The van der Waals surface area contributed by atoms with Crippen molar-refractivity contribution in [1.82, 2.24) is 5.16 Å². The molecule has 0 aliphatic carbocycles. The minimum atomic E-state index is -3.84. The van der Waals surface area contributed by atoms with Gasteiger partial charge in [0.05, 0.1) is 19.0 Å². The topological polar surface area (TPSA) is 81.4 Å². The van der Waals surface area contributed by atoms with E-state index in [0.717, 1.165) is 0 Å². The van der Waals surface area contributed by atoms with Crippen LogP contribution in [0.25, 0.3) is 11.3 Å². The first kappa shape index (κ1) is 17.3. The van der Waals surface area contributed by atoms with E-state index in [1.807, 2.05) is 0 Å². The van der Waals surface area contributed by atoms with Crippen molar-refractivity contribution in [3.8, 4) is 17.1 Å². The summed E-state index contributed by atoms with van der Waals surface area (Å²) in [5, 5.41) is 4.18. The number of aromatic nitrogens is 1. The highest BCUT2D eigenvalue weighted by Gasteiger charge is 2.21. The summed E-state index contributed by atoms with van der Waals surface area (Å²) in [6, 6.07) is 11.3. The molecule has 0 bridgehead atoms. The third-order valence-electron chi connectivity index (χ3n) is 3.61. The van der Waals surface area contributed by atoms with Crippen molar-refractivity contribution in [3.63, 3.8) is 0 Å². The van der Waals surface area contributed by atoms with Crippen LogP contribution in [0.1, 0.15) is 5.56 Å². The second kappa shape index (κ2) is 6.78. The van der Waals surface area contributed by atoms with Crippen LogP contribution in [0.2, 0.25) is 5.02 Å². The zero-order chi connectivity index (χ0) is 18.0. The van der Waals surface area contributed by atoms with Crippen molar-refractivity contribution in [2.45, 2.75) is 11.8 Å². The summed E-state index contributed by atoms with van der Waals surface area (Å²) >= 11 is 5.91. The van der Waals surface area contributed by atoms with Crippen molar-refractivity contribution in [1.29, 1.82) is 0 Å². The molecule has 25 heavy (non-hydrogen) atoms. The fraction of sp³-hybridized carbons (Fsp3) is 0.118. The second-order valence-corrected chi connectivity index (χ2v) is 7.39. The minimum absolute atomic E-state index is 0.0209. The summed E-state index contributed by atoms with van der Waals surface area (Å²) in [6.07, 6.45) is 1.51. The fourth-order valence-electron chi connectivity index (χ4n) is 2.35. The van der Waals surface area contributed by atoms with Gasteiger partial charge in [-0.25, -0.2) is 8.42 Å². The Morgan fingerprint density at radius 2 is 1.96 bits per heavy atom. The molecule has 0 fully saturated rings. The van der Waals surface area contributed by atoms with E-state index in [4.69, 9.17) is 20.9 Å². The van der Waals surface area contributed by atoms with E-state index in [1.165, 1.54) is 19.4 Å². The highest BCUT2D eigenvalue weighted by atomic mass is 35.5. The molecule has 1 N–H and O–H groups in total. The van der Waals surface area contributed by atoms with Crippen LogP contribution < -0.4 is 9.46 Å². The number of methoxy groups -OCH3 is 1. The fourth-order valence-corrected chi connectivity index (χ4v) is 3.86. The Morgan fingerprint density at radius 1 is 1.16 bits per heavy atom. The molecule has 0 aliphatic rings. The average molecular weight is 379 g/mol. The van der Waals surface area contributed by atoms with E-state index in [9.17, 15) is 8.42 Å². The smallest absolute Gasteiger partial charge is 0.265 e. The maximum Gasteiger partial charge on any atom is 0.265 e. The van der Waals surface area contributed by atoms with Crippen LogP contribution in [0.5, 0.6) is 5.75 Å². The van der Waals surface area contributed by atoms with Crippen molar-refractivity contribution in [2.75, 3.05) is 11.8 Å². The Hall–Kier alpha value is -2.51. The van der Waals surface area contributed by atoms with Crippen LogP contribution in [-0.4, -0.2) is 20.7 Å². The van der Waals surface area contributed by atoms with Gasteiger partial charge in [-0.05, 0) is 48.9 Å². The largest absolute Gasteiger partial charge is 0.495 e. The SMILES string of the molecule is COc1cc(-c2ccno2)ccc1S(=O)(=O)Nc1ccc(Cl)cc1C. The first-order chi connectivity index (χ1) is 11.9. The molecule has 3 rings (SSSR count). The number of nitrogens with one attached hydrogen (secondary N) is 1. The highest BCUT2D eigenvalue weighted by Crippen LogP contribution is 2.32. The van der Waals surface area contributed by atoms with Crippen LogP contribution in [0.15, 0.2) is 58.1 Å². The standard InChI is InChI=1S/C17H15ClN2O4S/c1-11-9-13(18)4-5-14(11)20-25(21,22)17-6-3-12(10-16(17)23-2)15-7-8-19-24-15/h3-10,20H,1-2H3. The van der Waals surface area contributed by atoms with Crippen LogP contribution in [0.4, 0.5) is 5.69 Å². The first-order valence-corrected chi connectivity index (χ1v) is 9.15. The molecule has 0 atom stereocenters. The average Bonchev–Trinajstić information content (AvgIpc) is 3.11. The van der Waals surface area contributed by atoms with E-state index in [1.54, 1.807) is 43.3 Å². The quantitative estimate of drug-likeness (QED) is 0.722. The lowest BCUT2D eigenvalue weighted by molar-refractivity contribution is 0.402. The van der Waals surface area contributed by atoms with Gasteiger partial charge in [0.25, 0.3) is 10.0 Å². The van der Waals surface area contributed by atoms with Crippen molar-refractivity contribution >= 4 is 27.3 Å². The van der Waals surface area contributed by atoms with Crippen molar-refractivity contribution in [3.05, 3.63) is 59.2 Å². The maximum atomic E-state index is 12.8. The number of rotatable bonds is 5. The van der Waals surface area contributed by atoms with Gasteiger partial charge in [-0.1, -0.05) is 16.8 Å². The molecule has 0 amide bonds. The monoisotopic (exact) mass is 378 g/mol. The lowest BCUT2D eigenvalue weighted by Gasteiger charge is -2.14. The third kappa shape index (κ3) is 3.62. The number of sulfonamides is 1. The summed E-state index contributed by atoms with van der Waals surface area (Å²) in [5.41, 5.74) is 1.83. The van der Waals surface area contributed by atoms with Crippen LogP contribution >= 0.6 is 11.6 Å². The molecular formula is C17H15ClN2O4S. The van der Waals surface area contributed by atoms with Gasteiger partial charge in [0.15, 0.2) is 5.76 Å². The number of hydrogen-bond acceptors (Lipinski definition) is 5. The number of halogens is 1. The predicted molar refractivity (Wildman–Crippen MR) is 95.5 cm³/mol. The zero-order valence-electron chi connectivity index (χ0n) is 13.5. The van der Waals surface area contributed by atoms with Gasteiger partial charge < -0.3 is 9.26 Å². The number of benzene rings is 2. The zero-order valence-corrected chi connectivity index (χ0v) is 15.1. The van der Waals surface area contributed by atoms with Gasteiger partial charge in [-0.2, -0.15) is 0 Å². The molecule has 0 radical (unpaired) electrons. The van der Waals surface area contributed by atoms with Crippen LogP contribution in [-0.2, 0) is 10.0 Å². The molecule has 130 valence electrons. The number of ether oxygens (including phenoxy) is 1. The lowest BCUT2D eigenvalue weighted by atomic mass is 10.1. The normalized spacial score (nSPS) is 11.3. The second-order valence-electron chi connectivity index (χ2n) is 5.31. The Bertz CT molecular complexity index is 1000. The Kier molecular flexibility index (Phi) is 4.69. The number of hydrogen-bond donors (Lipinski definition) is 1. The summed E-state index contributed by atoms with van der Waals surface area (Å²) in [6.45, 7) is 1.77.